The summed E-state index contributed by atoms with van der Waals surface area (Å²) in [7, 11) is 0. The molecule has 4 nitrogen and oxygen atoms in total. The zero-order valence-electron chi connectivity index (χ0n) is 14.5. The predicted octanol–water partition coefficient (Wildman–Crippen LogP) is 2.46. The summed E-state index contributed by atoms with van der Waals surface area (Å²) in [5.41, 5.74) is 3.57. The van der Waals surface area contributed by atoms with Crippen LogP contribution in [0.15, 0.2) is 54.6 Å². The van der Waals surface area contributed by atoms with Crippen LogP contribution >= 0.6 is 0 Å². The summed E-state index contributed by atoms with van der Waals surface area (Å²) < 4.78 is 0. The summed E-state index contributed by atoms with van der Waals surface area (Å²) in [5, 5.41) is 22.4. The average molecular weight is 328 g/mol. The Bertz CT molecular complexity index is 602. The van der Waals surface area contributed by atoms with Gasteiger partial charge in [0.2, 0.25) is 0 Å². The van der Waals surface area contributed by atoms with E-state index in [4.69, 9.17) is 0 Å². The Balaban J connectivity index is 2.13. The van der Waals surface area contributed by atoms with Gasteiger partial charge in [-0.1, -0.05) is 54.6 Å². The van der Waals surface area contributed by atoms with Gasteiger partial charge >= 0.3 is 0 Å². The summed E-state index contributed by atoms with van der Waals surface area (Å²) in [4.78, 5) is 2.07. The van der Waals surface area contributed by atoms with Crippen molar-refractivity contribution in [3.8, 4) is 11.1 Å². The van der Waals surface area contributed by atoms with Crippen molar-refractivity contribution in [1.82, 2.24) is 10.2 Å². The molecule has 0 aromatic heterocycles. The Morgan fingerprint density at radius 1 is 0.958 bits per heavy atom. The van der Waals surface area contributed by atoms with E-state index in [0.29, 0.717) is 13.1 Å². The van der Waals surface area contributed by atoms with Crippen LogP contribution in [0.4, 0.5) is 0 Å². The van der Waals surface area contributed by atoms with Gasteiger partial charge < -0.3 is 10.2 Å². The molecule has 0 amide bonds. The minimum absolute atomic E-state index is 0.00564. The smallest absolute Gasteiger partial charge is 0.0841 e. The number of nitrogens with one attached hydrogen (secondary N) is 1. The van der Waals surface area contributed by atoms with E-state index >= 15 is 0 Å². The molecule has 0 radical (unpaired) electrons. The zero-order chi connectivity index (χ0) is 17.4. The minimum atomic E-state index is -0.180. The Kier molecular flexibility index (Phi) is 7.40. The SMILES string of the molecule is CC(C)N(CCO)C(CO)NCc1ccccc1-c1ccccc1. The molecule has 1 atom stereocenters. The van der Waals surface area contributed by atoms with Crippen LogP contribution in [0, 0.1) is 0 Å². The van der Waals surface area contributed by atoms with Gasteiger partial charge in [-0.15, -0.1) is 0 Å². The fraction of sp³-hybridized carbons (Fsp3) is 0.400. The molecule has 2 aromatic rings. The highest BCUT2D eigenvalue weighted by atomic mass is 16.3. The first-order chi connectivity index (χ1) is 11.7. The molecule has 2 aromatic carbocycles. The van der Waals surface area contributed by atoms with Gasteiger partial charge in [0, 0.05) is 19.1 Å². The van der Waals surface area contributed by atoms with Gasteiger partial charge in [-0.2, -0.15) is 0 Å². The summed E-state index contributed by atoms with van der Waals surface area (Å²) >= 11 is 0. The zero-order valence-corrected chi connectivity index (χ0v) is 14.5. The Labute approximate surface area is 144 Å². The second-order valence-corrected chi connectivity index (χ2v) is 6.16. The molecule has 1 unspecified atom stereocenters. The van der Waals surface area contributed by atoms with Crippen LogP contribution in [-0.2, 0) is 6.54 Å². The second kappa shape index (κ2) is 9.55. The molecule has 0 bridgehead atoms. The van der Waals surface area contributed by atoms with E-state index in [9.17, 15) is 10.2 Å². The minimum Gasteiger partial charge on any atom is -0.395 e. The first-order valence-electron chi connectivity index (χ1n) is 8.51. The topological polar surface area (TPSA) is 55.7 Å². The molecule has 0 aliphatic heterocycles. The van der Waals surface area contributed by atoms with E-state index < -0.39 is 0 Å². The monoisotopic (exact) mass is 328 g/mol. The normalized spacial score (nSPS) is 12.8. The maximum atomic E-state index is 9.75. The predicted molar refractivity (Wildman–Crippen MR) is 98.5 cm³/mol. The van der Waals surface area contributed by atoms with Crippen LogP contribution in [0.3, 0.4) is 0 Å². The van der Waals surface area contributed by atoms with Gasteiger partial charge in [-0.05, 0) is 30.5 Å². The highest BCUT2D eigenvalue weighted by Gasteiger charge is 2.19. The fourth-order valence-corrected chi connectivity index (χ4v) is 2.98. The molecular formula is C20H28N2O2. The number of rotatable bonds is 9. The molecular weight excluding hydrogens is 300 g/mol. The number of hydrogen-bond acceptors (Lipinski definition) is 4. The third-order valence-corrected chi connectivity index (χ3v) is 4.23. The van der Waals surface area contributed by atoms with Gasteiger partial charge in [0.05, 0.1) is 19.4 Å². The molecule has 0 aliphatic carbocycles. The van der Waals surface area contributed by atoms with E-state index in [1.54, 1.807) is 0 Å². The molecule has 0 saturated heterocycles. The van der Waals surface area contributed by atoms with Crippen molar-refractivity contribution in [3.05, 3.63) is 60.2 Å². The number of nitrogens with zero attached hydrogens (tertiary/aromatic N) is 1. The summed E-state index contributed by atoms with van der Waals surface area (Å²) in [6.07, 6.45) is -0.180. The lowest BCUT2D eigenvalue weighted by Crippen LogP contribution is -2.52. The molecule has 24 heavy (non-hydrogen) atoms. The van der Waals surface area contributed by atoms with Crippen LogP contribution in [0.5, 0.6) is 0 Å². The second-order valence-electron chi connectivity index (χ2n) is 6.16. The Morgan fingerprint density at radius 3 is 2.25 bits per heavy atom. The largest absolute Gasteiger partial charge is 0.395 e. The molecule has 0 aliphatic rings. The van der Waals surface area contributed by atoms with Crippen LogP contribution < -0.4 is 5.32 Å². The lowest BCUT2D eigenvalue weighted by Gasteiger charge is -2.34. The molecule has 0 spiro atoms. The van der Waals surface area contributed by atoms with Gasteiger partial charge in [0.25, 0.3) is 0 Å². The first kappa shape index (κ1) is 18.6. The Hall–Kier alpha value is -1.72. The first-order valence-corrected chi connectivity index (χ1v) is 8.51. The molecule has 0 heterocycles. The molecule has 0 fully saturated rings. The average Bonchev–Trinajstić information content (AvgIpc) is 2.62. The fourth-order valence-electron chi connectivity index (χ4n) is 2.98. The highest BCUT2D eigenvalue weighted by Crippen LogP contribution is 2.23. The Morgan fingerprint density at radius 2 is 1.62 bits per heavy atom. The third-order valence-electron chi connectivity index (χ3n) is 4.23. The van der Waals surface area contributed by atoms with Crippen LogP contribution in [0.1, 0.15) is 19.4 Å². The molecule has 130 valence electrons. The lowest BCUT2D eigenvalue weighted by atomic mass is 10.00. The van der Waals surface area contributed by atoms with Gasteiger partial charge in [-0.25, -0.2) is 0 Å². The van der Waals surface area contributed by atoms with E-state index in [0.717, 1.165) is 0 Å². The van der Waals surface area contributed by atoms with Crippen molar-refractivity contribution in [2.75, 3.05) is 19.8 Å². The van der Waals surface area contributed by atoms with E-state index in [2.05, 4.69) is 48.3 Å². The quantitative estimate of drug-likeness (QED) is 0.619. The van der Waals surface area contributed by atoms with Gasteiger partial charge in [0.1, 0.15) is 0 Å². The van der Waals surface area contributed by atoms with Crippen molar-refractivity contribution in [2.24, 2.45) is 0 Å². The van der Waals surface area contributed by atoms with Crippen molar-refractivity contribution in [2.45, 2.75) is 32.6 Å². The number of benzene rings is 2. The highest BCUT2D eigenvalue weighted by molar-refractivity contribution is 5.67. The lowest BCUT2D eigenvalue weighted by molar-refractivity contribution is 0.0565. The number of aliphatic hydroxyl groups is 2. The molecule has 2 rings (SSSR count). The summed E-state index contributed by atoms with van der Waals surface area (Å²) in [6, 6.07) is 18.8. The third kappa shape index (κ3) is 4.89. The van der Waals surface area contributed by atoms with Crippen LogP contribution in [0.2, 0.25) is 0 Å². The molecule has 4 heteroatoms. The van der Waals surface area contributed by atoms with Crippen LogP contribution in [0.25, 0.3) is 11.1 Å². The van der Waals surface area contributed by atoms with Gasteiger partial charge in [0.15, 0.2) is 0 Å². The van der Waals surface area contributed by atoms with Crippen molar-refractivity contribution >= 4 is 0 Å². The number of hydrogen-bond donors (Lipinski definition) is 3. The van der Waals surface area contributed by atoms with E-state index in [1.165, 1.54) is 16.7 Å². The standard InChI is InChI=1S/C20H28N2O2/c1-16(2)22(12-13-23)20(15-24)21-14-18-10-6-7-11-19(18)17-8-4-3-5-9-17/h3-11,16,20-21,23-24H,12-15H2,1-2H3. The van der Waals surface area contributed by atoms with E-state index in [-0.39, 0.29) is 25.4 Å². The van der Waals surface area contributed by atoms with Crippen molar-refractivity contribution < 1.29 is 10.2 Å². The molecule has 3 N–H and O–H groups in total. The van der Waals surface area contributed by atoms with Crippen molar-refractivity contribution in [3.63, 3.8) is 0 Å². The van der Waals surface area contributed by atoms with Gasteiger partial charge in [-0.3, -0.25) is 10.2 Å². The summed E-state index contributed by atoms with van der Waals surface area (Å²) in [5.74, 6) is 0. The van der Waals surface area contributed by atoms with E-state index in [1.807, 2.05) is 30.3 Å². The maximum Gasteiger partial charge on any atom is 0.0841 e. The van der Waals surface area contributed by atoms with Crippen LogP contribution in [-0.4, -0.2) is 47.1 Å². The number of aliphatic hydroxyl groups excluding tert-OH is 2. The summed E-state index contributed by atoms with van der Waals surface area (Å²) in [6.45, 7) is 5.42. The maximum absolute atomic E-state index is 9.75. The molecule has 0 saturated carbocycles. The van der Waals surface area contributed by atoms with Crippen molar-refractivity contribution in [1.29, 1.82) is 0 Å².